The molecule has 0 aromatic heterocycles. The van der Waals surface area contributed by atoms with E-state index in [1.54, 1.807) is 0 Å². The minimum Gasteiger partial charge on any atom is -0.487 e. The van der Waals surface area contributed by atoms with Crippen molar-refractivity contribution in [1.82, 2.24) is 0 Å². The fourth-order valence-electron chi connectivity index (χ4n) is 3.37. The Bertz CT molecular complexity index is 409. The normalized spacial score (nSPS) is 34.2. The molecule has 1 heterocycles. The number of nitrogens with two attached hydrogens (primary N) is 1. The molecule has 3 atom stereocenters. The van der Waals surface area contributed by atoms with Crippen molar-refractivity contribution in [1.29, 1.82) is 0 Å². The molecule has 1 aromatic rings. The van der Waals surface area contributed by atoms with Crippen LogP contribution in [0.3, 0.4) is 0 Å². The van der Waals surface area contributed by atoms with Crippen LogP contribution in [0.15, 0.2) is 24.3 Å². The van der Waals surface area contributed by atoms with Crippen LogP contribution in [-0.4, -0.2) is 11.6 Å². The number of hydrogen-bond donors (Lipinski definition) is 1. The predicted molar refractivity (Wildman–Crippen MR) is 71.9 cm³/mol. The van der Waals surface area contributed by atoms with Gasteiger partial charge in [0.1, 0.15) is 11.4 Å². The number of para-hydroxylation sites is 1. The molecule has 1 saturated carbocycles. The molecule has 2 aliphatic rings. The highest BCUT2D eigenvalue weighted by atomic mass is 35.5. The smallest absolute Gasteiger partial charge is 0.123 e. The van der Waals surface area contributed by atoms with Crippen LogP contribution in [0.2, 0.25) is 0 Å². The first-order valence-corrected chi connectivity index (χ1v) is 6.26. The fraction of sp³-hybridized carbons (Fsp3) is 0.571. The van der Waals surface area contributed by atoms with Crippen molar-refractivity contribution in [3.63, 3.8) is 0 Å². The van der Waals surface area contributed by atoms with Gasteiger partial charge in [0.2, 0.25) is 0 Å². The molecule has 3 unspecified atom stereocenters. The zero-order valence-electron chi connectivity index (χ0n) is 10.2. The number of hydrogen-bond acceptors (Lipinski definition) is 2. The molecule has 3 heteroatoms. The zero-order valence-corrected chi connectivity index (χ0v) is 11.0. The van der Waals surface area contributed by atoms with Crippen molar-refractivity contribution < 1.29 is 4.74 Å². The molecule has 1 fully saturated rings. The number of ether oxygens (including phenoxy) is 1. The summed E-state index contributed by atoms with van der Waals surface area (Å²) in [4.78, 5) is 0. The molecule has 2 bridgehead atoms. The van der Waals surface area contributed by atoms with Crippen LogP contribution in [0.1, 0.15) is 44.1 Å². The number of benzene rings is 1. The maximum Gasteiger partial charge on any atom is 0.123 e. The first-order valence-electron chi connectivity index (χ1n) is 6.26. The maximum atomic E-state index is 6.23. The zero-order chi connectivity index (χ0) is 11.2. The Hall–Kier alpha value is -0.730. The van der Waals surface area contributed by atoms with Crippen LogP contribution in [0.4, 0.5) is 0 Å². The fourth-order valence-corrected chi connectivity index (χ4v) is 3.37. The molecule has 94 valence electrons. The van der Waals surface area contributed by atoms with Crippen molar-refractivity contribution in [2.24, 2.45) is 5.73 Å². The van der Waals surface area contributed by atoms with E-state index in [1.165, 1.54) is 5.56 Å². The molecular formula is C14H20ClNO. The van der Waals surface area contributed by atoms with E-state index < -0.39 is 0 Å². The molecule has 17 heavy (non-hydrogen) atoms. The Morgan fingerprint density at radius 3 is 2.88 bits per heavy atom. The van der Waals surface area contributed by atoms with Crippen LogP contribution in [0, 0.1) is 0 Å². The number of rotatable bonds is 1. The molecule has 0 saturated heterocycles. The van der Waals surface area contributed by atoms with Crippen LogP contribution in [-0.2, 0) is 0 Å². The van der Waals surface area contributed by atoms with Gasteiger partial charge >= 0.3 is 0 Å². The lowest BCUT2D eigenvalue weighted by Gasteiger charge is -2.47. The summed E-state index contributed by atoms with van der Waals surface area (Å²) in [6.07, 6.45) is 4.33. The summed E-state index contributed by atoms with van der Waals surface area (Å²) in [5, 5.41) is 0. The summed E-state index contributed by atoms with van der Waals surface area (Å²) in [5.41, 5.74) is 7.54. The molecule has 0 amide bonds. The second kappa shape index (κ2) is 4.51. The van der Waals surface area contributed by atoms with Crippen molar-refractivity contribution >= 4 is 12.4 Å². The van der Waals surface area contributed by atoms with E-state index in [1.807, 2.05) is 0 Å². The quantitative estimate of drug-likeness (QED) is 0.834. The van der Waals surface area contributed by atoms with Crippen molar-refractivity contribution in [3.8, 4) is 5.75 Å². The highest BCUT2D eigenvalue weighted by molar-refractivity contribution is 5.85. The van der Waals surface area contributed by atoms with Crippen molar-refractivity contribution in [2.75, 3.05) is 0 Å². The van der Waals surface area contributed by atoms with Gasteiger partial charge in [-0.25, -0.2) is 0 Å². The summed E-state index contributed by atoms with van der Waals surface area (Å²) < 4.78 is 6.23. The van der Waals surface area contributed by atoms with Gasteiger partial charge in [-0.1, -0.05) is 25.1 Å². The number of halogens is 1. The molecule has 0 radical (unpaired) electrons. The maximum absolute atomic E-state index is 6.23. The van der Waals surface area contributed by atoms with Crippen LogP contribution in [0.25, 0.3) is 0 Å². The lowest BCUT2D eigenvalue weighted by atomic mass is 9.70. The van der Waals surface area contributed by atoms with Gasteiger partial charge in [0.05, 0.1) is 0 Å². The highest BCUT2D eigenvalue weighted by Crippen LogP contribution is 2.49. The largest absolute Gasteiger partial charge is 0.487 e. The van der Waals surface area contributed by atoms with Crippen LogP contribution in [0.5, 0.6) is 5.75 Å². The average Bonchev–Trinajstić information content (AvgIpc) is 2.28. The minimum absolute atomic E-state index is 0. The summed E-state index contributed by atoms with van der Waals surface area (Å²) in [5.74, 6) is 1.70. The van der Waals surface area contributed by atoms with E-state index in [2.05, 4.69) is 31.2 Å². The third-order valence-electron chi connectivity index (χ3n) is 4.17. The third kappa shape index (κ3) is 2.04. The van der Waals surface area contributed by atoms with Gasteiger partial charge in [-0.15, -0.1) is 12.4 Å². The molecule has 1 aromatic carbocycles. The van der Waals surface area contributed by atoms with Crippen LogP contribution >= 0.6 is 12.4 Å². The van der Waals surface area contributed by atoms with Crippen molar-refractivity contribution in [3.05, 3.63) is 29.8 Å². The first kappa shape index (κ1) is 12.7. The predicted octanol–water partition coefficient (Wildman–Crippen LogP) is 3.24. The van der Waals surface area contributed by atoms with Gasteiger partial charge in [-0.05, 0) is 36.8 Å². The average molecular weight is 254 g/mol. The van der Waals surface area contributed by atoms with E-state index in [0.29, 0.717) is 12.0 Å². The van der Waals surface area contributed by atoms with Gasteiger partial charge in [-0.2, -0.15) is 0 Å². The second-order valence-electron chi connectivity index (χ2n) is 5.28. The van der Waals surface area contributed by atoms with Gasteiger partial charge in [0.25, 0.3) is 0 Å². The molecule has 3 rings (SSSR count). The van der Waals surface area contributed by atoms with E-state index in [-0.39, 0.29) is 18.0 Å². The highest BCUT2D eigenvalue weighted by Gasteiger charge is 2.44. The van der Waals surface area contributed by atoms with Crippen LogP contribution < -0.4 is 10.5 Å². The van der Waals surface area contributed by atoms with Gasteiger partial charge in [-0.3, -0.25) is 0 Å². The Labute approximate surface area is 109 Å². The second-order valence-corrected chi connectivity index (χ2v) is 5.28. The third-order valence-corrected chi connectivity index (χ3v) is 4.17. The van der Waals surface area contributed by atoms with Gasteiger partial charge < -0.3 is 10.5 Å². The Morgan fingerprint density at radius 2 is 2.12 bits per heavy atom. The summed E-state index contributed by atoms with van der Waals surface area (Å²) >= 11 is 0. The molecule has 0 spiro atoms. The lowest BCUT2D eigenvalue weighted by molar-refractivity contribution is -0.00599. The summed E-state index contributed by atoms with van der Waals surface area (Å²) in [6.45, 7) is 2.21. The summed E-state index contributed by atoms with van der Waals surface area (Å²) in [6, 6.07) is 8.75. The van der Waals surface area contributed by atoms with Gasteiger partial charge in [0, 0.05) is 12.5 Å². The molecule has 1 aliphatic carbocycles. The SMILES string of the molecule is CCC12CC(N)CC(C1)c1ccccc1O2.Cl. The topological polar surface area (TPSA) is 35.2 Å². The monoisotopic (exact) mass is 253 g/mol. The first-order chi connectivity index (χ1) is 7.72. The molecule has 1 aliphatic heterocycles. The molecule has 2 nitrogen and oxygen atoms in total. The van der Waals surface area contributed by atoms with Gasteiger partial charge in [0.15, 0.2) is 0 Å². The Kier molecular flexibility index (Phi) is 3.37. The lowest BCUT2D eigenvalue weighted by Crippen LogP contribution is -2.50. The number of fused-ring (bicyclic) bond motifs is 4. The van der Waals surface area contributed by atoms with E-state index >= 15 is 0 Å². The van der Waals surface area contributed by atoms with E-state index in [9.17, 15) is 0 Å². The molecule has 2 N–H and O–H groups in total. The minimum atomic E-state index is 0. The standard InChI is InChI=1S/C14H19NO.ClH/c1-2-14-8-10(7-11(15)9-14)12-5-3-4-6-13(12)16-14;/h3-6,10-11H,2,7-9,15H2,1H3;1H. The Morgan fingerprint density at radius 1 is 1.35 bits per heavy atom. The van der Waals surface area contributed by atoms with E-state index in [0.717, 1.165) is 31.4 Å². The van der Waals surface area contributed by atoms with E-state index in [4.69, 9.17) is 10.5 Å². The Balaban J connectivity index is 0.00000108. The van der Waals surface area contributed by atoms with Crippen molar-refractivity contribution in [2.45, 2.75) is 50.2 Å². The summed E-state index contributed by atoms with van der Waals surface area (Å²) in [7, 11) is 0. The molecular weight excluding hydrogens is 234 g/mol.